The zero-order valence-corrected chi connectivity index (χ0v) is 12.8. The maximum atomic E-state index is 11.7. The highest BCUT2D eigenvalue weighted by atomic mass is 79.9. The summed E-state index contributed by atoms with van der Waals surface area (Å²) in [6, 6.07) is 3.66. The van der Waals surface area contributed by atoms with Crippen molar-refractivity contribution in [3.8, 4) is 5.88 Å². The highest BCUT2D eigenvalue weighted by Gasteiger charge is 2.16. The molecule has 0 spiro atoms. The van der Waals surface area contributed by atoms with Crippen molar-refractivity contribution in [1.82, 2.24) is 15.2 Å². The van der Waals surface area contributed by atoms with Gasteiger partial charge in [0, 0.05) is 49.3 Å². The number of ether oxygens (including phenoxy) is 2. The van der Waals surface area contributed by atoms with Gasteiger partial charge in [-0.3, -0.25) is 0 Å². The summed E-state index contributed by atoms with van der Waals surface area (Å²) >= 11 is 3.31. The lowest BCUT2D eigenvalue weighted by Gasteiger charge is -2.26. The van der Waals surface area contributed by atoms with Crippen molar-refractivity contribution in [2.24, 2.45) is 0 Å². The van der Waals surface area contributed by atoms with Gasteiger partial charge in [0.1, 0.15) is 0 Å². The third-order valence-electron chi connectivity index (χ3n) is 2.84. The van der Waals surface area contributed by atoms with Gasteiger partial charge >= 0.3 is 6.09 Å². The second-order valence-corrected chi connectivity index (χ2v) is 5.28. The molecule has 7 heteroatoms. The summed E-state index contributed by atoms with van der Waals surface area (Å²) < 4.78 is 11.5. The number of piperazine rings is 1. The molecule has 1 N–H and O–H groups in total. The minimum atomic E-state index is -0.242. The van der Waals surface area contributed by atoms with E-state index in [4.69, 9.17) is 9.47 Å². The molecule has 0 atom stereocenters. The predicted molar refractivity (Wildman–Crippen MR) is 77.8 cm³/mol. The summed E-state index contributed by atoms with van der Waals surface area (Å²) in [7, 11) is 0. The van der Waals surface area contributed by atoms with Crippen LogP contribution in [0.5, 0.6) is 5.88 Å². The molecule has 1 fully saturated rings. The Hall–Kier alpha value is -1.34. The van der Waals surface area contributed by atoms with E-state index in [0.717, 1.165) is 17.6 Å². The van der Waals surface area contributed by atoms with Crippen molar-refractivity contribution in [3.63, 3.8) is 0 Å². The van der Waals surface area contributed by atoms with Gasteiger partial charge < -0.3 is 19.7 Å². The van der Waals surface area contributed by atoms with Crippen LogP contribution in [0.2, 0.25) is 0 Å². The topological polar surface area (TPSA) is 63.7 Å². The first-order chi connectivity index (χ1) is 9.75. The van der Waals surface area contributed by atoms with Gasteiger partial charge in [0.05, 0.1) is 13.2 Å². The number of carbonyl (C=O) groups excluding carboxylic acids is 1. The average molecular weight is 344 g/mol. The number of rotatable bonds is 5. The number of carbonyl (C=O) groups is 1. The molecule has 0 unspecified atom stereocenters. The quantitative estimate of drug-likeness (QED) is 0.823. The molecule has 2 heterocycles. The van der Waals surface area contributed by atoms with Crippen LogP contribution in [0, 0.1) is 0 Å². The molecule has 1 saturated heterocycles. The van der Waals surface area contributed by atoms with Crippen LogP contribution < -0.4 is 10.1 Å². The van der Waals surface area contributed by atoms with Gasteiger partial charge in [0.25, 0.3) is 0 Å². The first-order valence-electron chi connectivity index (χ1n) is 6.62. The lowest BCUT2D eigenvalue weighted by atomic mass is 10.4. The van der Waals surface area contributed by atoms with E-state index in [0.29, 0.717) is 38.6 Å². The van der Waals surface area contributed by atoms with Crippen molar-refractivity contribution in [3.05, 3.63) is 22.8 Å². The minimum absolute atomic E-state index is 0.242. The van der Waals surface area contributed by atoms with Crippen molar-refractivity contribution in [2.45, 2.75) is 6.42 Å². The number of nitrogens with one attached hydrogen (secondary N) is 1. The maximum Gasteiger partial charge on any atom is 0.409 e. The van der Waals surface area contributed by atoms with Crippen LogP contribution in [0.25, 0.3) is 0 Å². The second kappa shape index (κ2) is 8.06. The Bertz CT molecular complexity index is 421. The zero-order chi connectivity index (χ0) is 14.2. The summed E-state index contributed by atoms with van der Waals surface area (Å²) in [6.45, 7) is 3.90. The van der Waals surface area contributed by atoms with Crippen LogP contribution in [0.3, 0.4) is 0 Å². The van der Waals surface area contributed by atoms with Gasteiger partial charge in [-0.2, -0.15) is 0 Å². The SMILES string of the molecule is O=C(OCCCOc1ccc(Br)cn1)N1CCNCC1. The highest BCUT2D eigenvalue weighted by Crippen LogP contribution is 2.12. The van der Waals surface area contributed by atoms with Crippen LogP contribution in [-0.4, -0.2) is 55.4 Å². The first kappa shape index (κ1) is 15.1. The number of amides is 1. The summed E-state index contributed by atoms with van der Waals surface area (Å²) in [5.41, 5.74) is 0. The van der Waals surface area contributed by atoms with Crippen molar-refractivity contribution >= 4 is 22.0 Å². The van der Waals surface area contributed by atoms with E-state index in [-0.39, 0.29) is 6.09 Å². The van der Waals surface area contributed by atoms with Gasteiger partial charge in [0.15, 0.2) is 0 Å². The molecule has 1 aromatic heterocycles. The van der Waals surface area contributed by atoms with Gasteiger partial charge in [-0.15, -0.1) is 0 Å². The van der Waals surface area contributed by atoms with Crippen LogP contribution in [0.15, 0.2) is 22.8 Å². The summed E-state index contributed by atoms with van der Waals surface area (Å²) in [4.78, 5) is 17.5. The van der Waals surface area contributed by atoms with Gasteiger partial charge in [-0.1, -0.05) is 0 Å². The number of halogens is 1. The molecule has 0 aromatic carbocycles. The van der Waals surface area contributed by atoms with E-state index in [1.54, 1.807) is 17.2 Å². The third-order valence-corrected chi connectivity index (χ3v) is 3.31. The predicted octanol–water partition coefficient (Wildman–Crippen LogP) is 1.65. The first-order valence-corrected chi connectivity index (χ1v) is 7.42. The molecule has 0 aliphatic carbocycles. The van der Waals surface area contributed by atoms with Gasteiger partial charge in [-0.05, 0) is 22.0 Å². The molecule has 6 nitrogen and oxygen atoms in total. The van der Waals surface area contributed by atoms with E-state index in [2.05, 4.69) is 26.2 Å². The monoisotopic (exact) mass is 343 g/mol. The van der Waals surface area contributed by atoms with Crippen LogP contribution in [-0.2, 0) is 4.74 Å². The standard InChI is InChI=1S/C13H18BrN3O3/c14-11-2-3-12(16-10-11)19-8-1-9-20-13(18)17-6-4-15-5-7-17/h2-3,10,15H,1,4-9H2. The molecule has 2 rings (SSSR count). The van der Waals surface area contributed by atoms with Crippen LogP contribution in [0.1, 0.15) is 6.42 Å². The number of hydrogen-bond donors (Lipinski definition) is 1. The fourth-order valence-corrected chi connectivity index (χ4v) is 2.02. The number of hydrogen-bond acceptors (Lipinski definition) is 5. The molecule has 110 valence electrons. The summed E-state index contributed by atoms with van der Waals surface area (Å²) in [5.74, 6) is 0.571. The lowest BCUT2D eigenvalue weighted by Crippen LogP contribution is -2.46. The second-order valence-electron chi connectivity index (χ2n) is 4.37. The van der Waals surface area contributed by atoms with Crippen LogP contribution in [0.4, 0.5) is 4.79 Å². The normalized spacial score (nSPS) is 14.9. The van der Waals surface area contributed by atoms with E-state index in [1.165, 1.54) is 0 Å². The van der Waals surface area contributed by atoms with Crippen molar-refractivity contribution in [1.29, 1.82) is 0 Å². The third kappa shape index (κ3) is 4.97. The molecule has 1 aliphatic heterocycles. The summed E-state index contributed by atoms with van der Waals surface area (Å²) in [5, 5.41) is 3.19. The number of pyridine rings is 1. The summed E-state index contributed by atoms with van der Waals surface area (Å²) in [6.07, 6.45) is 2.09. The van der Waals surface area contributed by atoms with Gasteiger partial charge in [-0.25, -0.2) is 9.78 Å². The molecule has 1 aromatic rings. The van der Waals surface area contributed by atoms with Crippen molar-refractivity contribution < 1.29 is 14.3 Å². The lowest BCUT2D eigenvalue weighted by molar-refractivity contribution is 0.0925. The van der Waals surface area contributed by atoms with E-state index < -0.39 is 0 Å². The van der Waals surface area contributed by atoms with Gasteiger partial charge in [0.2, 0.25) is 5.88 Å². The fraction of sp³-hybridized carbons (Fsp3) is 0.538. The largest absolute Gasteiger partial charge is 0.478 e. The smallest absolute Gasteiger partial charge is 0.409 e. The molecule has 1 amide bonds. The molecule has 0 bridgehead atoms. The maximum absolute atomic E-state index is 11.7. The Morgan fingerprint density at radius 3 is 2.85 bits per heavy atom. The minimum Gasteiger partial charge on any atom is -0.478 e. The Labute approximate surface area is 126 Å². The molecule has 1 aliphatic rings. The Kier molecular flexibility index (Phi) is 6.07. The van der Waals surface area contributed by atoms with Crippen molar-refractivity contribution in [2.75, 3.05) is 39.4 Å². The zero-order valence-electron chi connectivity index (χ0n) is 11.2. The Balaban J connectivity index is 1.57. The van der Waals surface area contributed by atoms with Crippen LogP contribution >= 0.6 is 15.9 Å². The molecular weight excluding hydrogens is 326 g/mol. The Morgan fingerprint density at radius 2 is 2.15 bits per heavy atom. The number of nitrogens with zero attached hydrogens (tertiary/aromatic N) is 2. The number of aromatic nitrogens is 1. The highest BCUT2D eigenvalue weighted by molar-refractivity contribution is 9.10. The molecule has 20 heavy (non-hydrogen) atoms. The Morgan fingerprint density at radius 1 is 1.35 bits per heavy atom. The van der Waals surface area contributed by atoms with E-state index in [1.807, 2.05) is 6.07 Å². The molecule has 0 radical (unpaired) electrons. The molecule has 0 saturated carbocycles. The van der Waals surface area contributed by atoms with E-state index >= 15 is 0 Å². The average Bonchev–Trinajstić information content (AvgIpc) is 2.49. The van der Waals surface area contributed by atoms with E-state index in [9.17, 15) is 4.79 Å². The molecular formula is C13H18BrN3O3. The fourth-order valence-electron chi connectivity index (χ4n) is 1.78.